The van der Waals surface area contributed by atoms with Crippen LogP contribution in [0.5, 0.6) is 5.75 Å². The Morgan fingerprint density at radius 3 is 2.16 bits per heavy atom. The van der Waals surface area contributed by atoms with E-state index in [1.54, 1.807) is 6.92 Å². The maximum Gasteiger partial charge on any atom is 0.573 e. The fourth-order valence-corrected chi connectivity index (χ4v) is 8.38. The fraction of sp³-hybridized carbons (Fsp3) is 0.297. The highest BCUT2D eigenvalue weighted by molar-refractivity contribution is 7.89. The Labute approximate surface area is 311 Å². The smallest absolute Gasteiger partial charge is 0.453 e. The maximum absolute atomic E-state index is 15.6. The zero-order chi connectivity index (χ0) is 40.1. The number of ether oxygens (including phenoxy) is 2. The largest absolute Gasteiger partial charge is 0.573 e. The summed E-state index contributed by atoms with van der Waals surface area (Å²) in [5.41, 5.74) is -0.0588. The molecular weight excluding hydrogens is 761 g/mol. The van der Waals surface area contributed by atoms with Gasteiger partial charge in [0.05, 0.1) is 12.0 Å². The van der Waals surface area contributed by atoms with Gasteiger partial charge in [0.25, 0.3) is 0 Å². The average Bonchev–Trinajstić information content (AvgIpc) is 3.10. The predicted molar refractivity (Wildman–Crippen MR) is 186 cm³/mol. The highest BCUT2D eigenvalue weighted by Gasteiger charge is 2.39. The molecule has 0 aromatic heterocycles. The van der Waals surface area contributed by atoms with Gasteiger partial charge in [-0.2, -0.15) is 4.31 Å². The Hall–Kier alpha value is -5.20. The number of piperazine rings is 1. The van der Waals surface area contributed by atoms with Gasteiger partial charge in [-0.1, -0.05) is 18.2 Å². The minimum atomic E-state index is -4.98. The third-order valence-corrected chi connectivity index (χ3v) is 11.0. The van der Waals surface area contributed by atoms with E-state index >= 15 is 4.39 Å². The number of benzene rings is 4. The second-order valence-electron chi connectivity index (χ2n) is 12.7. The number of nitrogens with zero attached hydrogens (tertiary/aromatic N) is 1. The van der Waals surface area contributed by atoms with Gasteiger partial charge in [0, 0.05) is 48.4 Å². The standard InChI is InChI=1S/C37H35F7N4O6S/c1-21-19-45-20-27(48(21)55(51,52)29-13-11-28(12-14-29)54-37(42,43)44)10-15-30-31(41)4-3-5-32(30)46-35(49)34(47-36(50)53-2)33(22-6-8-24(38)9-7-22)23-16-25(39)18-26(40)17-23/h3-9,11-14,16-18,21,27,33-34,45H,10,15,19-20H2,1-2H3,(H,46,49)(H,47,50). The van der Waals surface area contributed by atoms with Gasteiger partial charge in [0.1, 0.15) is 35.1 Å². The molecule has 10 nitrogen and oxygen atoms in total. The van der Waals surface area contributed by atoms with Gasteiger partial charge in [-0.25, -0.2) is 30.8 Å². The van der Waals surface area contributed by atoms with E-state index in [0.717, 1.165) is 61.7 Å². The number of alkyl carbamates (subject to hydrolysis) is 1. The lowest BCUT2D eigenvalue weighted by Gasteiger charge is -2.40. The molecule has 0 aliphatic carbocycles. The molecule has 294 valence electrons. The molecular formula is C37H35F7N4O6S. The third-order valence-electron chi connectivity index (χ3n) is 8.90. The second kappa shape index (κ2) is 17.1. The summed E-state index contributed by atoms with van der Waals surface area (Å²) in [5.74, 6) is -6.34. The molecule has 4 aromatic carbocycles. The van der Waals surface area contributed by atoms with Crippen LogP contribution >= 0.6 is 0 Å². The molecule has 4 atom stereocenters. The number of halogens is 7. The van der Waals surface area contributed by atoms with E-state index in [9.17, 15) is 44.3 Å². The third kappa shape index (κ3) is 10.1. The molecule has 4 aromatic rings. The van der Waals surface area contributed by atoms with Crippen LogP contribution in [0.15, 0.2) is 89.8 Å². The lowest BCUT2D eigenvalue weighted by molar-refractivity contribution is -0.274. The monoisotopic (exact) mass is 796 g/mol. The van der Waals surface area contributed by atoms with Crippen molar-refractivity contribution in [2.24, 2.45) is 0 Å². The number of carbonyl (C=O) groups excluding carboxylic acids is 2. The summed E-state index contributed by atoms with van der Waals surface area (Å²) in [6, 6.07) is 11.5. The first-order valence-corrected chi connectivity index (χ1v) is 18.1. The summed E-state index contributed by atoms with van der Waals surface area (Å²) in [6.07, 6.45) is -6.23. The van der Waals surface area contributed by atoms with Crippen LogP contribution < -0.4 is 20.7 Å². The van der Waals surface area contributed by atoms with Gasteiger partial charge in [0.15, 0.2) is 0 Å². The molecule has 1 aliphatic rings. The topological polar surface area (TPSA) is 126 Å². The SMILES string of the molecule is COC(=O)NC(C(=O)Nc1cccc(F)c1CCC1CNCC(C)N1S(=O)(=O)c1ccc(OC(F)(F)F)cc1)C(c1ccc(F)cc1)c1cc(F)cc(F)c1. The normalized spacial score (nSPS) is 17.5. The van der Waals surface area contributed by atoms with Crippen LogP contribution in [-0.4, -0.2) is 69.4 Å². The van der Waals surface area contributed by atoms with E-state index in [2.05, 4.69) is 20.7 Å². The first kappa shape index (κ1) is 41.0. The number of hydrogen-bond acceptors (Lipinski definition) is 7. The van der Waals surface area contributed by atoms with Crippen molar-refractivity contribution in [1.82, 2.24) is 14.9 Å². The summed E-state index contributed by atoms with van der Waals surface area (Å²) in [5, 5.41) is 8.06. The summed E-state index contributed by atoms with van der Waals surface area (Å²) >= 11 is 0. The number of amides is 2. The molecule has 3 N–H and O–H groups in total. The van der Waals surface area contributed by atoms with Crippen LogP contribution in [0, 0.1) is 23.3 Å². The van der Waals surface area contributed by atoms with Crippen LogP contribution in [0.4, 0.5) is 41.2 Å². The number of rotatable bonds is 12. The van der Waals surface area contributed by atoms with Crippen molar-refractivity contribution in [3.8, 4) is 5.75 Å². The number of alkyl halides is 3. The number of anilines is 1. The molecule has 1 aliphatic heterocycles. The molecule has 0 bridgehead atoms. The lowest BCUT2D eigenvalue weighted by atomic mass is 9.84. The van der Waals surface area contributed by atoms with Crippen molar-refractivity contribution in [2.45, 2.75) is 55.1 Å². The van der Waals surface area contributed by atoms with Gasteiger partial charge in [-0.15, -0.1) is 13.2 Å². The molecule has 55 heavy (non-hydrogen) atoms. The number of nitrogens with one attached hydrogen (secondary N) is 3. The molecule has 1 heterocycles. The molecule has 1 fully saturated rings. The minimum Gasteiger partial charge on any atom is -0.453 e. The Morgan fingerprint density at radius 2 is 1.55 bits per heavy atom. The Balaban J connectivity index is 1.44. The van der Waals surface area contributed by atoms with E-state index in [-0.39, 0.29) is 53.2 Å². The van der Waals surface area contributed by atoms with Crippen molar-refractivity contribution >= 4 is 27.7 Å². The van der Waals surface area contributed by atoms with Gasteiger partial charge in [0.2, 0.25) is 15.9 Å². The van der Waals surface area contributed by atoms with E-state index in [0.29, 0.717) is 6.07 Å². The summed E-state index contributed by atoms with van der Waals surface area (Å²) in [4.78, 5) is 26.4. The van der Waals surface area contributed by atoms with Gasteiger partial charge in [-0.05, 0) is 91.6 Å². The van der Waals surface area contributed by atoms with E-state index in [1.807, 2.05) is 0 Å². The quantitative estimate of drug-likeness (QED) is 0.138. The molecule has 4 unspecified atom stereocenters. The minimum absolute atomic E-state index is 0.000253. The van der Waals surface area contributed by atoms with E-state index in [1.165, 1.54) is 28.6 Å². The zero-order valence-corrected chi connectivity index (χ0v) is 30.0. The first-order chi connectivity index (χ1) is 26.0. The summed E-state index contributed by atoms with van der Waals surface area (Å²) in [7, 11) is -3.28. The highest BCUT2D eigenvalue weighted by Crippen LogP contribution is 2.33. The Kier molecular flexibility index (Phi) is 12.7. The lowest BCUT2D eigenvalue weighted by Crippen LogP contribution is -2.58. The molecule has 0 spiro atoms. The molecule has 0 saturated carbocycles. The van der Waals surface area contributed by atoms with Crippen molar-refractivity contribution in [2.75, 3.05) is 25.5 Å². The molecule has 5 rings (SSSR count). The van der Waals surface area contributed by atoms with Crippen LogP contribution in [0.1, 0.15) is 36.0 Å². The van der Waals surface area contributed by atoms with Crippen molar-refractivity contribution in [3.63, 3.8) is 0 Å². The maximum atomic E-state index is 15.6. The van der Waals surface area contributed by atoms with Gasteiger partial charge < -0.3 is 25.4 Å². The Morgan fingerprint density at radius 1 is 0.891 bits per heavy atom. The van der Waals surface area contributed by atoms with Crippen LogP contribution in [-0.2, 0) is 26.0 Å². The van der Waals surface area contributed by atoms with Crippen molar-refractivity contribution in [1.29, 1.82) is 0 Å². The molecule has 18 heteroatoms. The Bertz CT molecular complexity index is 2080. The zero-order valence-electron chi connectivity index (χ0n) is 29.2. The first-order valence-electron chi connectivity index (χ1n) is 16.7. The number of hydrogen-bond donors (Lipinski definition) is 3. The number of sulfonamides is 1. The second-order valence-corrected chi connectivity index (χ2v) is 14.5. The van der Waals surface area contributed by atoms with Crippen molar-refractivity contribution in [3.05, 3.63) is 125 Å². The van der Waals surface area contributed by atoms with Crippen LogP contribution in [0.2, 0.25) is 0 Å². The van der Waals surface area contributed by atoms with Crippen molar-refractivity contribution < 1.29 is 58.2 Å². The molecule has 0 radical (unpaired) electrons. The van der Waals surface area contributed by atoms with Gasteiger partial charge in [-0.3, -0.25) is 4.79 Å². The molecule has 1 saturated heterocycles. The highest BCUT2D eigenvalue weighted by atomic mass is 32.2. The summed E-state index contributed by atoms with van der Waals surface area (Å²) in [6.45, 7) is 2.00. The summed E-state index contributed by atoms with van der Waals surface area (Å²) < 4.78 is 134. The number of carbonyl (C=O) groups is 2. The molecule has 2 amide bonds. The predicted octanol–water partition coefficient (Wildman–Crippen LogP) is 6.62. The van der Waals surface area contributed by atoms with E-state index < -0.39 is 81.4 Å². The average molecular weight is 797 g/mol. The van der Waals surface area contributed by atoms with Crippen LogP contribution in [0.3, 0.4) is 0 Å². The van der Waals surface area contributed by atoms with E-state index in [4.69, 9.17) is 4.74 Å². The van der Waals surface area contributed by atoms with Gasteiger partial charge >= 0.3 is 12.5 Å². The fourth-order valence-electron chi connectivity index (χ4n) is 6.54. The number of methoxy groups -OCH3 is 1. The van der Waals surface area contributed by atoms with Crippen LogP contribution in [0.25, 0.3) is 0 Å².